The molecule has 0 bridgehead atoms. The number of ether oxygens (including phenoxy) is 1. The van der Waals surface area contributed by atoms with Crippen molar-refractivity contribution in [2.45, 2.75) is 6.92 Å². The number of halogens is 1. The molecule has 0 atom stereocenters. The maximum absolute atomic E-state index is 8.95. The standard InChI is InChI=1S/C11H13BrN2O/c1-2-15-7-6-14-11-5-3-4-10(12)9(11)8-13/h3-5,14H,2,6-7H2,1H3. The number of anilines is 1. The second-order valence-corrected chi connectivity index (χ2v) is 3.75. The summed E-state index contributed by atoms with van der Waals surface area (Å²) in [6, 6.07) is 7.79. The van der Waals surface area contributed by atoms with Gasteiger partial charge in [-0.15, -0.1) is 0 Å². The zero-order valence-corrected chi connectivity index (χ0v) is 10.2. The fourth-order valence-electron chi connectivity index (χ4n) is 1.19. The highest BCUT2D eigenvalue weighted by Gasteiger charge is 2.04. The molecule has 0 heterocycles. The van der Waals surface area contributed by atoms with Crippen LogP contribution in [0.2, 0.25) is 0 Å². The zero-order chi connectivity index (χ0) is 11.1. The number of rotatable bonds is 5. The Morgan fingerprint density at radius 1 is 1.53 bits per heavy atom. The van der Waals surface area contributed by atoms with E-state index in [0.29, 0.717) is 25.3 Å². The Labute approximate surface area is 98.2 Å². The second kappa shape index (κ2) is 6.44. The molecule has 0 unspecified atom stereocenters. The fraction of sp³-hybridized carbons (Fsp3) is 0.364. The third-order valence-electron chi connectivity index (χ3n) is 1.89. The molecule has 0 fully saturated rings. The van der Waals surface area contributed by atoms with E-state index >= 15 is 0 Å². The summed E-state index contributed by atoms with van der Waals surface area (Å²) in [5, 5.41) is 12.1. The lowest BCUT2D eigenvalue weighted by Crippen LogP contribution is -2.10. The van der Waals surface area contributed by atoms with Crippen LogP contribution in [-0.4, -0.2) is 19.8 Å². The minimum atomic E-state index is 0.633. The first-order valence-electron chi connectivity index (χ1n) is 4.79. The summed E-state index contributed by atoms with van der Waals surface area (Å²) in [6.45, 7) is 4.03. The van der Waals surface area contributed by atoms with Gasteiger partial charge in [-0.1, -0.05) is 6.07 Å². The summed E-state index contributed by atoms with van der Waals surface area (Å²) in [5.41, 5.74) is 1.47. The van der Waals surface area contributed by atoms with Crippen molar-refractivity contribution in [2.24, 2.45) is 0 Å². The second-order valence-electron chi connectivity index (χ2n) is 2.90. The minimum absolute atomic E-state index is 0.633. The van der Waals surface area contributed by atoms with Crippen LogP contribution in [0.4, 0.5) is 5.69 Å². The Morgan fingerprint density at radius 2 is 2.33 bits per heavy atom. The predicted octanol–water partition coefficient (Wildman–Crippen LogP) is 2.77. The molecule has 0 aliphatic heterocycles. The first-order chi connectivity index (χ1) is 7.29. The van der Waals surface area contributed by atoms with E-state index in [2.05, 4.69) is 27.3 Å². The molecular weight excluding hydrogens is 256 g/mol. The Morgan fingerprint density at radius 3 is 3.00 bits per heavy atom. The molecule has 80 valence electrons. The summed E-state index contributed by atoms with van der Waals surface area (Å²) in [4.78, 5) is 0. The van der Waals surface area contributed by atoms with Crippen molar-refractivity contribution in [2.75, 3.05) is 25.1 Å². The largest absolute Gasteiger partial charge is 0.382 e. The molecule has 3 nitrogen and oxygen atoms in total. The topological polar surface area (TPSA) is 45.0 Å². The Kier molecular flexibility index (Phi) is 5.16. The van der Waals surface area contributed by atoms with Gasteiger partial charge in [-0.3, -0.25) is 0 Å². The third-order valence-corrected chi connectivity index (χ3v) is 2.55. The summed E-state index contributed by atoms with van der Waals surface area (Å²) < 4.78 is 6.01. The summed E-state index contributed by atoms with van der Waals surface area (Å²) >= 11 is 3.34. The van der Waals surface area contributed by atoms with E-state index in [9.17, 15) is 0 Å². The highest BCUT2D eigenvalue weighted by atomic mass is 79.9. The van der Waals surface area contributed by atoms with Crippen molar-refractivity contribution < 1.29 is 4.74 Å². The Hall–Kier alpha value is -1.05. The molecule has 1 rings (SSSR count). The van der Waals surface area contributed by atoms with Gasteiger partial charge in [0.05, 0.1) is 17.9 Å². The lowest BCUT2D eigenvalue weighted by atomic mass is 10.2. The molecule has 0 spiro atoms. The number of benzene rings is 1. The van der Waals surface area contributed by atoms with E-state index in [1.165, 1.54) is 0 Å². The van der Waals surface area contributed by atoms with E-state index < -0.39 is 0 Å². The zero-order valence-electron chi connectivity index (χ0n) is 8.59. The predicted molar refractivity (Wildman–Crippen MR) is 63.8 cm³/mol. The first-order valence-corrected chi connectivity index (χ1v) is 5.59. The highest BCUT2D eigenvalue weighted by molar-refractivity contribution is 9.10. The van der Waals surface area contributed by atoms with Crippen LogP contribution in [0.5, 0.6) is 0 Å². The average Bonchev–Trinajstić information content (AvgIpc) is 2.24. The van der Waals surface area contributed by atoms with E-state index in [1.54, 1.807) is 0 Å². The highest BCUT2D eigenvalue weighted by Crippen LogP contribution is 2.23. The molecule has 0 radical (unpaired) electrons. The Bertz CT molecular complexity index is 360. The van der Waals surface area contributed by atoms with Crippen molar-refractivity contribution in [3.8, 4) is 6.07 Å². The van der Waals surface area contributed by atoms with E-state index in [-0.39, 0.29) is 0 Å². The number of nitriles is 1. The van der Waals surface area contributed by atoms with Crippen LogP contribution in [0.1, 0.15) is 12.5 Å². The Balaban J connectivity index is 2.61. The van der Waals surface area contributed by atoms with Gasteiger partial charge in [0, 0.05) is 17.6 Å². The monoisotopic (exact) mass is 268 g/mol. The molecule has 15 heavy (non-hydrogen) atoms. The maximum atomic E-state index is 8.95. The number of hydrogen-bond acceptors (Lipinski definition) is 3. The van der Waals surface area contributed by atoms with Crippen LogP contribution in [0.3, 0.4) is 0 Å². The van der Waals surface area contributed by atoms with Gasteiger partial charge in [-0.25, -0.2) is 0 Å². The van der Waals surface area contributed by atoms with Gasteiger partial charge < -0.3 is 10.1 Å². The van der Waals surface area contributed by atoms with Gasteiger partial charge in [0.25, 0.3) is 0 Å². The van der Waals surface area contributed by atoms with Crippen molar-refractivity contribution >= 4 is 21.6 Å². The van der Waals surface area contributed by atoms with E-state index in [0.717, 1.165) is 10.2 Å². The van der Waals surface area contributed by atoms with Crippen LogP contribution in [-0.2, 0) is 4.74 Å². The van der Waals surface area contributed by atoms with Crippen molar-refractivity contribution in [1.82, 2.24) is 0 Å². The fourth-order valence-corrected chi connectivity index (χ4v) is 1.64. The molecule has 4 heteroatoms. The number of nitrogens with one attached hydrogen (secondary N) is 1. The van der Waals surface area contributed by atoms with Crippen LogP contribution in [0.25, 0.3) is 0 Å². The van der Waals surface area contributed by atoms with Gasteiger partial charge in [0.1, 0.15) is 6.07 Å². The van der Waals surface area contributed by atoms with Gasteiger partial charge in [0.15, 0.2) is 0 Å². The van der Waals surface area contributed by atoms with Crippen LogP contribution < -0.4 is 5.32 Å². The van der Waals surface area contributed by atoms with Crippen molar-refractivity contribution in [1.29, 1.82) is 5.26 Å². The van der Waals surface area contributed by atoms with Crippen LogP contribution >= 0.6 is 15.9 Å². The molecule has 0 aromatic heterocycles. The SMILES string of the molecule is CCOCCNc1cccc(Br)c1C#N. The number of nitrogens with zero attached hydrogens (tertiary/aromatic N) is 1. The van der Waals surface area contributed by atoms with Gasteiger partial charge >= 0.3 is 0 Å². The van der Waals surface area contributed by atoms with Gasteiger partial charge in [-0.2, -0.15) is 5.26 Å². The third kappa shape index (κ3) is 3.54. The van der Waals surface area contributed by atoms with Gasteiger partial charge in [0.2, 0.25) is 0 Å². The molecule has 0 aliphatic carbocycles. The molecular formula is C11H13BrN2O. The molecule has 1 aromatic carbocycles. The number of hydrogen-bond donors (Lipinski definition) is 1. The molecule has 0 amide bonds. The van der Waals surface area contributed by atoms with Gasteiger partial charge in [-0.05, 0) is 35.0 Å². The van der Waals surface area contributed by atoms with Crippen molar-refractivity contribution in [3.63, 3.8) is 0 Å². The van der Waals surface area contributed by atoms with E-state index in [4.69, 9.17) is 10.00 Å². The molecule has 1 N–H and O–H groups in total. The summed E-state index contributed by atoms with van der Waals surface area (Å²) in [7, 11) is 0. The lowest BCUT2D eigenvalue weighted by molar-refractivity contribution is 0.158. The average molecular weight is 269 g/mol. The van der Waals surface area contributed by atoms with Crippen LogP contribution in [0, 0.1) is 11.3 Å². The quantitative estimate of drug-likeness (QED) is 0.836. The molecule has 0 saturated carbocycles. The summed E-state index contributed by atoms with van der Waals surface area (Å²) in [6.07, 6.45) is 0. The maximum Gasteiger partial charge on any atom is 0.103 e. The van der Waals surface area contributed by atoms with Crippen molar-refractivity contribution in [3.05, 3.63) is 28.2 Å². The first kappa shape index (κ1) is 12.0. The van der Waals surface area contributed by atoms with E-state index in [1.807, 2.05) is 25.1 Å². The normalized spacial score (nSPS) is 9.67. The minimum Gasteiger partial charge on any atom is -0.382 e. The molecule has 1 aromatic rings. The smallest absolute Gasteiger partial charge is 0.103 e. The van der Waals surface area contributed by atoms with Crippen LogP contribution in [0.15, 0.2) is 22.7 Å². The molecule has 0 saturated heterocycles. The molecule has 0 aliphatic rings. The summed E-state index contributed by atoms with van der Waals surface area (Å²) in [5.74, 6) is 0. The lowest BCUT2D eigenvalue weighted by Gasteiger charge is -2.08.